The van der Waals surface area contributed by atoms with Gasteiger partial charge < -0.3 is 14.7 Å². The number of amides is 1. The van der Waals surface area contributed by atoms with E-state index in [0.717, 1.165) is 33.5 Å². The van der Waals surface area contributed by atoms with Gasteiger partial charge in [0.05, 0.1) is 26.8 Å². The molecule has 1 aliphatic rings. The molecule has 1 N–H and O–H groups in total. The maximum atomic E-state index is 13.5. The highest BCUT2D eigenvalue weighted by Crippen LogP contribution is 2.33. The molecule has 0 saturated carbocycles. The average Bonchev–Trinajstić information content (AvgIpc) is 3.48. The lowest BCUT2D eigenvalue weighted by atomic mass is 10.1. The van der Waals surface area contributed by atoms with Gasteiger partial charge in [0.1, 0.15) is 19.2 Å². The highest BCUT2D eigenvalue weighted by molar-refractivity contribution is 7.90. The topological polar surface area (TPSA) is 167 Å². The zero-order valence-corrected chi connectivity index (χ0v) is 26.0. The van der Waals surface area contributed by atoms with Crippen molar-refractivity contribution < 1.29 is 50.5 Å². The van der Waals surface area contributed by atoms with E-state index < -0.39 is 46.4 Å². The molecule has 1 fully saturated rings. The third-order valence-corrected chi connectivity index (χ3v) is 8.18. The number of benzene rings is 3. The van der Waals surface area contributed by atoms with Crippen molar-refractivity contribution in [1.29, 1.82) is 0 Å². The van der Waals surface area contributed by atoms with E-state index in [1.165, 1.54) is 31.2 Å². The number of carbonyl (C=O) groups is 2. The van der Waals surface area contributed by atoms with Crippen molar-refractivity contribution in [3.05, 3.63) is 107 Å². The largest absolute Gasteiger partial charge is 0.569 e. The molecule has 1 unspecified atom stereocenters. The highest BCUT2D eigenvalue weighted by Gasteiger charge is 2.38. The van der Waals surface area contributed by atoms with E-state index in [9.17, 15) is 36.4 Å². The first-order chi connectivity index (χ1) is 22.7. The second-order valence-electron chi connectivity index (χ2n) is 10.5. The van der Waals surface area contributed by atoms with Gasteiger partial charge in [0.15, 0.2) is 5.69 Å². The minimum absolute atomic E-state index is 0.0599. The summed E-state index contributed by atoms with van der Waals surface area (Å²) in [5.74, 6) is -0.685. The molecule has 0 radical (unpaired) electrons. The second kappa shape index (κ2) is 13.6. The Labute approximate surface area is 271 Å². The Hall–Kier alpha value is -5.65. The Balaban J connectivity index is 1.15. The molecule has 1 aliphatic heterocycles. The smallest absolute Gasteiger partial charge is 0.435 e. The number of carbonyl (C=O) groups excluding carboxylic acids is 2. The molecule has 1 saturated heterocycles. The van der Waals surface area contributed by atoms with E-state index in [1.807, 2.05) is 6.92 Å². The molecule has 3 aromatic carbocycles. The van der Waals surface area contributed by atoms with Crippen LogP contribution in [0.3, 0.4) is 0 Å². The van der Waals surface area contributed by atoms with Gasteiger partial charge in [-0.15, -0.1) is 5.01 Å². The van der Waals surface area contributed by atoms with Crippen LogP contribution >= 0.6 is 0 Å². The van der Waals surface area contributed by atoms with Crippen LogP contribution in [0.1, 0.15) is 28.5 Å². The van der Waals surface area contributed by atoms with Gasteiger partial charge in [-0.25, -0.2) is 27.4 Å². The summed E-state index contributed by atoms with van der Waals surface area (Å²) in [5.41, 5.74) is 0.771. The second-order valence-corrected chi connectivity index (χ2v) is 12.1. The first-order valence-corrected chi connectivity index (χ1v) is 15.6. The lowest BCUT2D eigenvalue weighted by Gasteiger charge is -2.33. The number of sulfonamides is 1. The predicted octanol–water partition coefficient (Wildman–Crippen LogP) is 4.98. The third kappa shape index (κ3) is 8.00. The zero-order chi connectivity index (χ0) is 34.6. The molecule has 0 spiro atoms. The molecule has 0 aliphatic carbocycles. The van der Waals surface area contributed by atoms with E-state index in [4.69, 9.17) is 14.3 Å². The minimum Gasteiger partial charge on any atom is -0.569 e. The van der Waals surface area contributed by atoms with E-state index in [-0.39, 0.29) is 39.9 Å². The molecule has 1 aromatic heterocycles. The molecule has 14 nitrogen and oxygen atoms in total. The van der Waals surface area contributed by atoms with Gasteiger partial charge in [-0.05, 0) is 49.4 Å². The first kappa shape index (κ1) is 33.7. The van der Waals surface area contributed by atoms with E-state index in [0.29, 0.717) is 5.56 Å². The number of nitrogens with zero attached hydrogens (tertiary/aromatic N) is 5. The summed E-state index contributed by atoms with van der Waals surface area (Å²) in [5, 5.41) is 20.2. The summed E-state index contributed by atoms with van der Waals surface area (Å²) in [6.07, 6.45) is -8.10. The molecular formula is C30H27F3N6O8S. The Kier molecular flexibility index (Phi) is 9.55. The maximum Gasteiger partial charge on any atom is 0.435 e. The van der Waals surface area contributed by atoms with Crippen LogP contribution in [0, 0.1) is 12.1 Å². The molecule has 48 heavy (non-hydrogen) atoms. The number of aryl methyl sites for hydroxylation is 1. The molecule has 2 heterocycles. The van der Waals surface area contributed by atoms with Gasteiger partial charge in [-0.1, -0.05) is 48.0 Å². The van der Waals surface area contributed by atoms with Crippen molar-refractivity contribution in [3.8, 4) is 16.9 Å². The van der Waals surface area contributed by atoms with Crippen molar-refractivity contribution in [1.82, 2.24) is 19.5 Å². The summed E-state index contributed by atoms with van der Waals surface area (Å²) in [6, 6.07) is 20.4. The van der Waals surface area contributed by atoms with Crippen molar-refractivity contribution in [2.45, 2.75) is 37.3 Å². The van der Waals surface area contributed by atoms with Crippen LogP contribution in [0.4, 0.5) is 18.0 Å². The third-order valence-electron chi connectivity index (χ3n) is 6.85. The quantitative estimate of drug-likeness (QED) is 0.0789. The molecular weight excluding hydrogens is 661 g/mol. The molecule has 252 valence electrons. The summed E-state index contributed by atoms with van der Waals surface area (Å²) < 4.78 is 79.0. The molecule has 1 amide bonds. The number of halogens is 3. The zero-order valence-electron chi connectivity index (χ0n) is 25.2. The minimum atomic E-state index is -4.72. The number of rotatable bonds is 10. The van der Waals surface area contributed by atoms with Gasteiger partial charge in [0, 0.05) is 12.5 Å². The lowest BCUT2D eigenvalue weighted by Crippen LogP contribution is -2.56. The fourth-order valence-electron chi connectivity index (χ4n) is 4.36. The number of hydrazine groups is 1. The van der Waals surface area contributed by atoms with Crippen LogP contribution in [0.15, 0.2) is 95.1 Å². The van der Waals surface area contributed by atoms with Gasteiger partial charge in [0.25, 0.3) is 16.3 Å². The van der Waals surface area contributed by atoms with Crippen LogP contribution in [-0.2, 0) is 30.5 Å². The number of hydrogen-bond acceptors (Lipinski definition) is 10. The number of alkyl halides is 3. The number of nitrogens with one attached hydrogen (secondary N) is 1. The number of ether oxygens (including phenoxy) is 2. The Bertz CT molecular complexity index is 1910. The van der Waals surface area contributed by atoms with Gasteiger partial charge >= 0.3 is 18.2 Å². The summed E-state index contributed by atoms with van der Waals surface area (Å²) >= 11 is 0. The highest BCUT2D eigenvalue weighted by atomic mass is 32.2. The van der Waals surface area contributed by atoms with Crippen LogP contribution < -0.4 is 4.72 Å². The maximum absolute atomic E-state index is 13.5. The SMILES string of the molecule is Cc1ccc(-c2cc(C(F)(F)F)nn2-c2ccc(S(=O)(=O)NC(=O)OC3CN([N+]([O-])=NOC(C)OC(=O)c4ccccc4)C3)cc2)cc1. The fraction of sp³-hybridized carbons (Fsp3) is 0.233. The number of esters is 1. The van der Waals surface area contributed by atoms with Crippen LogP contribution in [0.5, 0.6) is 0 Å². The molecule has 0 bridgehead atoms. The molecule has 4 aromatic rings. The Morgan fingerprint density at radius 1 is 1.04 bits per heavy atom. The lowest BCUT2D eigenvalue weighted by molar-refractivity contribution is -0.728. The van der Waals surface area contributed by atoms with Gasteiger partial charge in [0.2, 0.25) is 5.28 Å². The average molecular weight is 689 g/mol. The Morgan fingerprint density at radius 2 is 1.69 bits per heavy atom. The monoisotopic (exact) mass is 688 g/mol. The van der Waals surface area contributed by atoms with Gasteiger partial charge in [-0.2, -0.15) is 18.3 Å². The van der Waals surface area contributed by atoms with Crippen molar-refractivity contribution in [2.24, 2.45) is 5.28 Å². The van der Waals surface area contributed by atoms with E-state index in [2.05, 4.69) is 10.4 Å². The summed E-state index contributed by atoms with van der Waals surface area (Å²) in [6.45, 7) is 2.88. The molecule has 5 rings (SSSR count). The predicted molar refractivity (Wildman–Crippen MR) is 159 cm³/mol. The van der Waals surface area contributed by atoms with Crippen LogP contribution in [0.25, 0.3) is 16.9 Å². The van der Waals surface area contributed by atoms with Crippen molar-refractivity contribution in [2.75, 3.05) is 13.1 Å². The van der Waals surface area contributed by atoms with Crippen LogP contribution in [-0.4, -0.2) is 65.7 Å². The van der Waals surface area contributed by atoms with E-state index in [1.54, 1.807) is 47.2 Å². The van der Waals surface area contributed by atoms with Gasteiger partial charge in [-0.3, -0.25) is 4.84 Å². The molecule has 1 atom stereocenters. The summed E-state index contributed by atoms with van der Waals surface area (Å²) in [4.78, 5) is 28.9. The number of hydrogen-bond donors (Lipinski definition) is 1. The normalized spacial score (nSPS) is 14.5. The first-order valence-electron chi connectivity index (χ1n) is 14.1. The molecule has 18 heteroatoms. The van der Waals surface area contributed by atoms with Crippen LogP contribution in [0.2, 0.25) is 0 Å². The number of aromatic nitrogens is 2. The van der Waals surface area contributed by atoms with Crippen molar-refractivity contribution >= 4 is 22.1 Å². The Morgan fingerprint density at radius 3 is 2.31 bits per heavy atom. The van der Waals surface area contributed by atoms with E-state index >= 15 is 0 Å². The summed E-state index contributed by atoms with van der Waals surface area (Å²) in [7, 11) is -4.45. The fourth-order valence-corrected chi connectivity index (χ4v) is 5.24. The van der Waals surface area contributed by atoms with Crippen molar-refractivity contribution in [3.63, 3.8) is 0 Å². The standard InChI is InChI=1S/C30H27F3N6O8S/c1-19-8-10-21(11-9-19)26-16-27(30(31,32)33)34-38(26)23-12-14-25(15-13-23)48(43,44)35-29(41)46-24-17-37(18-24)39(42)36-47-20(2)45-28(40)22-6-4-3-5-7-22/h3-16,20,24H,17-18H2,1-2H3,(H,35,41).